The fraction of sp³-hybridized carbons (Fsp3) is 0.154. The Morgan fingerprint density at radius 2 is 1.33 bits per heavy atom. The van der Waals surface area contributed by atoms with Crippen LogP contribution in [-0.2, 0) is 4.79 Å². The summed E-state index contributed by atoms with van der Waals surface area (Å²) in [7, 11) is 0. The van der Waals surface area contributed by atoms with E-state index in [9.17, 15) is 24.3 Å². The summed E-state index contributed by atoms with van der Waals surface area (Å²) in [6.07, 6.45) is -0.209. The lowest BCUT2D eigenvalue weighted by molar-refractivity contribution is -0.142. The van der Waals surface area contributed by atoms with Crippen LogP contribution < -0.4 is 0 Å². The molecule has 0 aliphatic carbocycles. The molecule has 3 aromatic rings. The number of hydrogen-bond donors (Lipinski definition) is 1. The van der Waals surface area contributed by atoms with Gasteiger partial charge in [-0.15, -0.1) is 0 Å². The number of imide groups is 1. The van der Waals surface area contributed by atoms with Gasteiger partial charge >= 0.3 is 5.97 Å². The number of ketones is 1. The molecule has 0 fully saturated rings. The zero-order valence-corrected chi connectivity index (χ0v) is 19.1. The highest BCUT2D eigenvalue weighted by molar-refractivity contribution is 9.10. The minimum atomic E-state index is -1.13. The Morgan fingerprint density at radius 3 is 1.85 bits per heavy atom. The van der Waals surface area contributed by atoms with Crippen LogP contribution in [0.15, 0.2) is 77.3 Å². The van der Waals surface area contributed by atoms with Gasteiger partial charge in [-0.3, -0.25) is 24.1 Å². The minimum absolute atomic E-state index is 0.00349. The summed E-state index contributed by atoms with van der Waals surface area (Å²) >= 11 is 3.40. The predicted molar refractivity (Wildman–Crippen MR) is 126 cm³/mol. The first-order chi connectivity index (χ1) is 15.8. The van der Waals surface area contributed by atoms with E-state index in [1.807, 2.05) is 36.4 Å². The van der Waals surface area contributed by atoms with Gasteiger partial charge in [-0.05, 0) is 41.8 Å². The van der Waals surface area contributed by atoms with Crippen molar-refractivity contribution in [1.29, 1.82) is 0 Å². The van der Waals surface area contributed by atoms with Crippen LogP contribution in [0.4, 0.5) is 0 Å². The Labute approximate surface area is 199 Å². The smallest absolute Gasteiger partial charge is 0.307 e. The van der Waals surface area contributed by atoms with Crippen LogP contribution in [0.2, 0.25) is 0 Å². The summed E-state index contributed by atoms with van der Waals surface area (Å²) in [4.78, 5) is 50.5. The van der Waals surface area contributed by atoms with Gasteiger partial charge < -0.3 is 5.11 Å². The molecule has 1 aliphatic rings. The average molecular weight is 506 g/mol. The summed E-state index contributed by atoms with van der Waals surface area (Å²) < 4.78 is 0.971. The maximum atomic E-state index is 12.7. The molecule has 1 unspecified atom stereocenters. The van der Waals surface area contributed by atoms with Crippen molar-refractivity contribution < 1.29 is 24.3 Å². The second kappa shape index (κ2) is 9.50. The first-order valence-corrected chi connectivity index (χ1v) is 11.2. The molecule has 0 saturated heterocycles. The van der Waals surface area contributed by atoms with Gasteiger partial charge in [0.2, 0.25) is 0 Å². The van der Waals surface area contributed by atoms with Crippen molar-refractivity contribution in [2.75, 3.05) is 6.54 Å². The molecule has 4 rings (SSSR count). The maximum absolute atomic E-state index is 12.7. The van der Waals surface area contributed by atoms with E-state index in [1.54, 1.807) is 36.4 Å². The van der Waals surface area contributed by atoms with Crippen molar-refractivity contribution in [3.63, 3.8) is 0 Å². The number of carbonyl (C=O) groups excluding carboxylic acids is 3. The summed E-state index contributed by atoms with van der Waals surface area (Å²) in [5.74, 6) is -3.31. The van der Waals surface area contributed by atoms with E-state index >= 15 is 0 Å². The molecule has 0 saturated carbocycles. The van der Waals surface area contributed by atoms with E-state index < -0.39 is 23.7 Å². The van der Waals surface area contributed by atoms with Crippen LogP contribution >= 0.6 is 15.9 Å². The molecule has 0 bridgehead atoms. The van der Waals surface area contributed by atoms with Crippen LogP contribution in [0.3, 0.4) is 0 Å². The fourth-order valence-corrected chi connectivity index (χ4v) is 4.14. The third-order valence-electron chi connectivity index (χ3n) is 5.74. The number of rotatable bonds is 8. The van der Waals surface area contributed by atoms with Crippen molar-refractivity contribution in [1.82, 2.24) is 4.90 Å². The summed E-state index contributed by atoms with van der Waals surface area (Å²) in [6.45, 7) is -0.0565. The Hall–Kier alpha value is -3.58. The quantitative estimate of drug-likeness (QED) is 0.340. The van der Waals surface area contributed by atoms with E-state index in [1.165, 1.54) is 0 Å². The molecule has 3 aromatic carbocycles. The number of benzene rings is 3. The Balaban J connectivity index is 1.40. The lowest BCUT2D eigenvalue weighted by atomic mass is 9.94. The molecule has 6 nitrogen and oxygen atoms in total. The first kappa shape index (κ1) is 22.6. The Morgan fingerprint density at radius 1 is 0.818 bits per heavy atom. The van der Waals surface area contributed by atoms with Crippen LogP contribution in [-0.4, -0.2) is 40.1 Å². The number of amides is 2. The number of carbonyl (C=O) groups is 4. The highest BCUT2D eigenvalue weighted by atomic mass is 79.9. The number of carboxylic acids is 1. The molecule has 0 aromatic heterocycles. The molecule has 1 atom stereocenters. The third kappa shape index (κ3) is 4.78. The average Bonchev–Trinajstić information content (AvgIpc) is 3.07. The zero-order valence-electron chi connectivity index (χ0n) is 17.5. The number of halogens is 1. The normalized spacial score (nSPS) is 13.7. The lowest BCUT2D eigenvalue weighted by Crippen LogP contribution is -2.33. The number of Topliss-reactive ketones (excluding diaryl/α,β-unsaturated/α-hetero) is 1. The van der Waals surface area contributed by atoms with Crippen LogP contribution in [0.1, 0.15) is 43.9 Å². The topological polar surface area (TPSA) is 91.8 Å². The molecule has 1 N–H and O–H groups in total. The van der Waals surface area contributed by atoms with Gasteiger partial charge in [-0.2, -0.15) is 0 Å². The first-order valence-electron chi connectivity index (χ1n) is 10.4. The van der Waals surface area contributed by atoms with E-state index in [0.717, 1.165) is 20.5 Å². The van der Waals surface area contributed by atoms with Crippen molar-refractivity contribution >= 4 is 39.5 Å². The SMILES string of the molecule is O=C(CC(CCN1C(=O)c2ccccc2C1=O)C(=O)O)c1ccc(-c2ccc(Br)cc2)cc1. The number of fused-ring (bicyclic) bond motifs is 1. The van der Waals surface area contributed by atoms with E-state index in [4.69, 9.17) is 0 Å². The van der Waals surface area contributed by atoms with Crippen molar-refractivity contribution in [2.24, 2.45) is 5.92 Å². The molecular formula is C26H20BrNO5. The number of hydrogen-bond acceptors (Lipinski definition) is 4. The standard InChI is InChI=1S/C26H20BrNO5/c27-20-11-9-17(10-12-20)16-5-7-18(8-6-16)23(29)15-19(26(32)33)13-14-28-24(30)21-3-1-2-4-22(21)25(28)31/h1-12,19H,13-15H2,(H,32,33). The summed E-state index contributed by atoms with van der Waals surface area (Å²) in [5.41, 5.74) is 3.00. The number of carboxylic acid groups (broad SMARTS) is 1. The molecule has 0 radical (unpaired) electrons. The van der Waals surface area contributed by atoms with Gasteiger partial charge in [0.15, 0.2) is 5.78 Å². The van der Waals surface area contributed by atoms with Crippen LogP contribution in [0.25, 0.3) is 11.1 Å². The van der Waals surface area contributed by atoms with Gasteiger partial charge in [0, 0.05) is 23.0 Å². The van der Waals surface area contributed by atoms with E-state index in [2.05, 4.69) is 15.9 Å². The zero-order chi connectivity index (χ0) is 23.5. The molecule has 33 heavy (non-hydrogen) atoms. The molecule has 2 amide bonds. The van der Waals surface area contributed by atoms with Gasteiger partial charge in [-0.1, -0.05) is 64.5 Å². The minimum Gasteiger partial charge on any atom is -0.481 e. The monoisotopic (exact) mass is 505 g/mol. The molecule has 166 valence electrons. The lowest BCUT2D eigenvalue weighted by Gasteiger charge is -2.17. The third-order valence-corrected chi connectivity index (χ3v) is 6.27. The molecule has 7 heteroatoms. The highest BCUT2D eigenvalue weighted by Crippen LogP contribution is 2.25. The van der Waals surface area contributed by atoms with Gasteiger partial charge in [0.05, 0.1) is 17.0 Å². The largest absolute Gasteiger partial charge is 0.481 e. The molecule has 1 aliphatic heterocycles. The maximum Gasteiger partial charge on any atom is 0.307 e. The summed E-state index contributed by atoms with van der Waals surface area (Å²) in [5, 5.41) is 9.62. The van der Waals surface area contributed by atoms with Crippen LogP contribution in [0.5, 0.6) is 0 Å². The van der Waals surface area contributed by atoms with Crippen molar-refractivity contribution in [3.8, 4) is 11.1 Å². The van der Waals surface area contributed by atoms with E-state index in [-0.39, 0.29) is 25.2 Å². The van der Waals surface area contributed by atoms with Crippen LogP contribution in [0, 0.1) is 5.92 Å². The summed E-state index contributed by atoms with van der Waals surface area (Å²) in [6, 6.07) is 21.3. The second-order valence-corrected chi connectivity index (χ2v) is 8.76. The predicted octanol–water partition coefficient (Wildman–Crippen LogP) is 5.08. The number of aliphatic carboxylic acids is 1. The Bertz CT molecular complexity index is 1200. The Kier molecular flexibility index (Phi) is 6.51. The fourth-order valence-electron chi connectivity index (χ4n) is 3.87. The molecule has 0 spiro atoms. The van der Waals surface area contributed by atoms with Gasteiger partial charge in [-0.25, -0.2) is 0 Å². The second-order valence-electron chi connectivity index (χ2n) is 7.84. The van der Waals surface area contributed by atoms with Gasteiger partial charge in [0.1, 0.15) is 0 Å². The van der Waals surface area contributed by atoms with Gasteiger partial charge in [0.25, 0.3) is 11.8 Å². The molecule has 1 heterocycles. The molecular weight excluding hydrogens is 486 g/mol. The number of nitrogens with zero attached hydrogens (tertiary/aromatic N) is 1. The van der Waals surface area contributed by atoms with Crippen molar-refractivity contribution in [2.45, 2.75) is 12.8 Å². The van der Waals surface area contributed by atoms with E-state index in [0.29, 0.717) is 16.7 Å². The highest BCUT2D eigenvalue weighted by Gasteiger charge is 2.35. The van der Waals surface area contributed by atoms with Crippen molar-refractivity contribution in [3.05, 3.63) is 94.0 Å².